The predicted molar refractivity (Wildman–Crippen MR) is 130 cm³/mol. The van der Waals surface area contributed by atoms with Gasteiger partial charge in [0.1, 0.15) is 18.5 Å². The van der Waals surface area contributed by atoms with Gasteiger partial charge in [-0.1, -0.05) is 30.3 Å². The Bertz CT molecular complexity index is 811. The molecule has 0 bridgehead atoms. The summed E-state index contributed by atoms with van der Waals surface area (Å²) < 4.78 is 11.1. The van der Waals surface area contributed by atoms with Gasteiger partial charge in [-0.15, -0.1) is 24.0 Å². The van der Waals surface area contributed by atoms with E-state index in [9.17, 15) is 4.79 Å². The molecule has 3 rings (SSSR count). The highest BCUT2D eigenvalue weighted by atomic mass is 127. The second kappa shape index (κ2) is 13.1. The summed E-state index contributed by atoms with van der Waals surface area (Å²) in [5, 5.41) is 9.42. The van der Waals surface area contributed by atoms with Crippen molar-refractivity contribution in [1.82, 2.24) is 10.6 Å². The third-order valence-corrected chi connectivity index (χ3v) is 4.51. The second-order valence-electron chi connectivity index (χ2n) is 6.71. The quantitative estimate of drug-likeness (QED) is 0.214. The van der Waals surface area contributed by atoms with Gasteiger partial charge in [0, 0.05) is 25.9 Å². The van der Waals surface area contributed by atoms with Gasteiger partial charge in [0.05, 0.1) is 6.54 Å². The van der Waals surface area contributed by atoms with Crippen molar-refractivity contribution >= 4 is 41.5 Å². The molecular weight excluding hydrogens is 495 g/mol. The minimum atomic E-state index is -0.335. The molecule has 2 aromatic rings. The Morgan fingerprint density at radius 3 is 2.73 bits per heavy atom. The van der Waals surface area contributed by atoms with E-state index in [0.29, 0.717) is 32.3 Å². The van der Waals surface area contributed by atoms with Gasteiger partial charge in [-0.25, -0.2) is 0 Å². The highest BCUT2D eigenvalue weighted by Gasteiger charge is 2.23. The molecule has 1 saturated heterocycles. The van der Waals surface area contributed by atoms with Gasteiger partial charge in [-0.3, -0.25) is 9.79 Å². The number of nitrogens with zero attached hydrogens (tertiary/aromatic N) is 1. The maximum Gasteiger partial charge on any atom is 0.253 e. The monoisotopic (exact) mass is 524 g/mol. The summed E-state index contributed by atoms with van der Waals surface area (Å²) >= 11 is 0. The number of hydrogen-bond donors (Lipinski definition) is 3. The molecule has 0 aromatic heterocycles. The summed E-state index contributed by atoms with van der Waals surface area (Å²) in [6, 6.07) is 17.5. The minimum absolute atomic E-state index is 0. The topological polar surface area (TPSA) is 84.0 Å². The first-order valence-corrected chi connectivity index (χ1v) is 9.88. The van der Waals surface area contributed by atoms with Crippen molar-refractivity contribution in [3.05, 3.63) is 60.2 Å². The standard InChI is InChI=1S/C22H28N4O3.HI/c1-23-22(24-12-14-28-19-9-3-2-4-10-19)25-16-17-7-5-8-18(15-17)26-21(27)20-11-6-13-29-20;/h2-5,7-10,15,20H,6,11-14,16H2,1H3,(H,26,27)(H2,23,24,25);1H. The van der Waals surface area contributed by atoms with Crippen LogP contribution in [0.25, 0.3) is 0 Å². The van der Waals surface area contributed by atoms with Gasteiger partial charge in [-0.05, 0) is 42.7 Å². The summed E-state index contributed by atoms with van der Waals surface area (Å²) in [5.41, 5.74) is 1.81. The number of nitrogens with one attached hydrogen (secondary N) is 3. The Balaban J connectivity index is 0.00000320. The Morgan fingerprint density at radius 1 is 1.17 bits per heavy atom. The third kappa shape index (κ3) is 7.83. The number of halogens is 1. The first-order chi connectivity index (χ1) is 14.2. The van der Waals surface area contributed by atoms with Gasteiger partial charge >= 0.3 is 0 Å². The highest BCUT2D eigenvalue weighted by Crippen LogP contribution is 2.16. The first kappa shape index (κ1) is 23.9. The number of carbonyl (C=O) groups excluding carboxylic acids is 1. The van der Waals surface area contributed by atoms with Gasteiger partial charge in [0.15, 0.2) is 5.96 Å². The molecule has 1 unspecified atom stereocenters. The number of guanidine groups is 1. The van der Waals surface area contributed by atoms with Crippen LogP contribution in [-0.2, 0) is 16.1 Å². The normalized spacial score (nSPS) is 15.8. The second-order valence-corrected chi connectivity index (χ2v) is 6.71. The van der Waals surface area contributed by atoms with Crippen LogP contribution in [-0.4, -0.2) is 44.8 Å². The van der Waals surface area contributed by atoms with Crippen LogP contribution in [0.2, 0.25) is 0 Å². The van der Waals surface area contributed by atoms with E-state index in [-0.39, 0.29) is 36.0 Å². The fourth-order valence-corrected chi connectivity index (χ4v) is 3.03. The summed E-state index contributed by atoms with van der Waals surface area (Å²) in [5.74, 6) is 1.46. The van der Waals surface area contributed by atoms with Crippen LogP contribution >= 0.6 is 24.0 Å². The molecule has 1 amide bonds. The van der Waals surface area contributed by atoms with Crippen LogP contribution in [0.15, 0.2) is 59.6 Å². The SMILES string of the molecule is CN=C(NCCOc1ccccc1)NCc1cccc(NC(=O)C2CCCO2)c1.I. The summed E-state index contributed by atoms with van der Waals surface area (Å²) in [7, 11) is 1.73. The van der Waals surface area contributed by atoms with Gasteiger partial charge in [-0.2, -0.15) is 0 Å². The zero-order chi connectivity index (χ0) is 20.3. The molecule has 3 N–H and O–H groups in total. The lowest BCUT2D eigenvalue weighted by Crippen LogP contribution is -2.38. The largest absolute Gasteiger partial charge is 0.492 e. The maximum absolute atomic E-state index is 12.2. The number of aliphatic imine (C=N–C) groups is 1. The molecular formula is C22H29IN4O3. The molecule has 1 aliphatic rings. The molecule has 7 nitrogen and oxygen atoms in total. The Morgan fingerprint density at radius 2 is 2.00 bits per heavy atom. The average molecular weight is 524 g/mol. The van der Waals surface area contributed by atoms with Crippen LogP contribution in [0, 0.1) is 0 Å². The first-order valence-electron chi connectivity index (χ1n) is 9.88. The van der Waals surface area contributed by atoms with Crippen molar-refractivity contribution in [2.45, 2.75) is 25.5 Å². The predicted octanol–water partition coefficient (Wildman–Crippen LogP) is 3.17. The van der Waals surface area contributed by atoms with Crippen LogP contribution < -0.4 is 20.7 Å². The molecule has 2 aromatic carbocycles. The molecule has 1 atom stereocenters. The lowest BCUT2D eigenvalue weighted by molar-refractivity contribution is -0.124. The van der Waals surface area contributed by atoms with E-state index in [1.54, 1.807) is 7.05 Å². The van der Waals surface area contributed by atoms with E-state index in [1.807, 2.05) is 54.6 Å². The van der Waals surface area contributed by atoms with Gasteiger partial charge < -0.3 is 25.4 Å². The number of benzene rings is 2. The number of hydrogen-bond acceptors (Lipinski definition) is 4. The fourth-order valence-electron chi connectivity index (χ4n) is 3.03. The molecule has 0 spiro atoms. The minimum Gasteiger partial charge on any atom is -0.492 e. The van der Waals surface area contributed by atoms with E-state index in [0.717, 1.165) is 29.8 Å². The molecule has 0 aliphatic carbocycles. The van der Waals surface area contributed by atoms with Gasteiger partial charge in [0.25, 0.3) is 5.91 Å². The molecule has 1 aliphatic heterocycles. The van der Waals surface area contributed by atoms with E-state index >= 15 is 0 Å². The maximum atomic E-state index is 12.2. The number of anilines is 1. The molecule has 0 saturated carbocycles. The van der Waals surface area contributed by atoms with Crippen molar-refractivity contribution < 1.29 is 14.3 Å². The number of ether oxygens (including phenoxy) is 2. The van der Waals surface area contributed by atoms with Crippen molar-refractivity contribution in [3.8, 4) is 5.75 Å². The smallest absolute Gasteiger partial charge is 0.253 e. The van der Waals surface area contributed by atoms with Crippen LogP contribution in [0.1, 0.15) is 18.4 Å². The zero-order valence-corrected chi connectivity index (χ0v) is 19.4. The van der Waals surface area contributed by atoms with Crippen LogP contribution in [0.4, 0.5) is 5.69 Å². The molecule has 1 heterocycles. The number of amides is 1. The van der Waals surface area contributed by atoms with Crippen molar-refractivity contribution in [1.29, 1.82) is 0 Å². The third-order valence-electron chi connectivity index (χ3n) is 4.51. The zero-order valence-electron chi connectivity index (χ0n) is 17.1. The average Bonchev–Trinajstić information content (AvgIpc) is 3.29. The summed E-state index contributed by atoms with van der Waals surface area (Å²) in [6.45, 7) is 2.41. The van der Waals surface area contributed by atoms with E-state index in [4.69, 9.17) is 9.47 Å². The highest BCUT2D eigenvalue weighted by molar-refractivity contribution is 14.0. The molecule has 162 valence electrons. The Hall–Kier alpha value is -2.33. The number of rotatable bonds is 8. The van der Waals surface area contributed by atoms with Crippen molar-refractivity contribution in [3.63, 3.8) is 0 Å². The van der Waals surface area contributed by atoms with Gasteiger partial charge in [0.2, 0.25) is 0 Å². The Labute approximate surface area is 194 Å². The van der Waals surface area contributed by atoms with Crippen molar-refractivity contribution in [2.24, 2.45) is 4.99 Å². The van der Waals surface area contributed by atoms with Crippen LogP contribution in [0.3, 0.4) is 0 Å². The van der Waals surface area contributed by atoms with Crippen LogP contribution in [0.5, 0.6) is 5.75 Å². The van der Waals surface area contributed by atoms with Crippen molar-refractivity contribution in [2.75, 3.05) is 32.1 Å². The molecule has 1 fully saturated rings. The molecule has 30 heavy (non-hydrogen) atoms. The Kier molecular flexibility index (Phi) is 10.4. The molecule has 8 heteroatoms. The van der Waals surface area contributed by atoms with E-state index in [1.165, 1.54) is 0 Å². The fraction of sp³-hybridized carbons (Fsp3) is 0.364. The lowest BCUT2D eigenvalue weighted by Gasteiger charge is -2.14. The summed E-state index contributed by atoms with van der Waals surface area (Å²) in [4.78, 5) is 16.4. The molecule has 0 radical (unpaired) electrons. The number of para-hydroxylation sites is 1. The number of carbonyl (C=O) groups is 1. The summed E-state index contributed by atoms with van der Waals surface area (Å²) in [6.07, 6.45) is 1.38. The lowest BCUT2D eigenvalue weighted by atomic mass is 10.2. The van der Waals surface area contributed by atoms with E-state index in [2.05, 4.69) is 20.9 Å². The van der Waals surface area contributed by atoms with E-state index < -0.39 is 0 Å².